The number of hydrogen-bond donors (Lipinski definition) is 0. The van der Waals surface area contributed by atoms with Gasteiger partial charge in [-0.3, -0.25) is 0 Å². The van der Waals surface area contributed by atoms with Gasteiger partial charge >= 0.3 is 0 Å². The molecule has 0 unspecified atom stereocenters. The molecular weight excluding hydrogens is 356 g/mol. The molecule has 0 aliphatic heterocycles. The van der Waals surface area contributed by atoms with Crippen LogP contribution in [0.25, 0.3) is 0 Å². The Morgan fingerprint density at radius 1 is 1.05 bits per heavy atom. The molecule has 0 bridgehead atoms. The second kappa shape index (κ2) is 8.58. The van der Waals surface area contributed by atoms with Crippen molar-refractivity contribution in [3.63, 3.8) is 0 Å². The van der Waals surface area contributed by atoms with Crippen LogP contribution in [0.3, 0.4) is 0 Å². The Balaban J connectivity index is 2.99. The van der Waals surface area contributed by atoms with Crippen LogP contribution in [0, 0.1) is 6.92 Å². The summed E-state index contributed by atoms with van der Waals surface area (Å²) in [6.07, 6.45) is 3.33. The summed E-state index contributed by atoms with van der Waals surface area (Å²) in [4.78, 5) is 0. The maximum Gasteiger partial charge on any atom is 0.273 e. The van der Waals surface area contributed by atoms with Crippen LogP contribution in [-0.4, -0.2) is 13.6 Å². The lowest BCUT2D eigenvalue weighted by Crippen LogP contribution is -2.50. The fourth-order valence-corrected chi connectivity index (χ4v) is 9.29. The number of unbranched alkanes of at least 4 members (excludes halogenated alkanes) is 1. The molecular formula is C18H33BrO2Si. The van der Waals surface area contributed by atoms with E-state index in [2.05, 4.69) is 70.5 Å². The molecule has 0 amide bonds. The van der Waals surface area contributed by atoms with Gasteiger partial charge in [-0.05, 0) is 42.5 Å². The zero-order chi connectivity index (χ0) is 16.9. The van der Waals surface area contributed by atoms with Crippen molar-refractivity contribution in [2.75, 3.05) is 5.33 Å². The van der Waals surface area contributed by atoms with E-state index in [1.807, 2.05) is 0 Å². The van der Waals surface area contributed by atoms with Crippen LogP contribution in [0.2, 0.25) is 16.6 Å². The summed E-state index contributed by atoms with van der Waals surface area (Å²) in [6.45, 7) is 15.9. The van der Waals surface area contributed by atoms with Gasteiger partial charge in [-0.2, -0.15) is 0 Å². The van der Waals surface area contributed by atoms with Gasteiger partial charge in [-0.15, -0.1) is 0 Å². The van der Waals surface area contributed by atoms with E-state index >= 15 is 0 Å². The lowest BCUT2D eigenvalue weighted by molar-refractivity contribution is 0.340. The smallest absolute Gasteiger partial charge is 0.273 e. The van der Waals surface area contributed by atoms with Gasteiger partial charge in [-0.1, -0.05) is 57.5 Å². The standard InChI is InChI=1S/C18H33BrO2Si/c1-13(2)22(14(3)4,15(5)6)21-18-16(7)12-17(20-18)10-8-9-11-19/h12-15H,8-11H2,1-7H3. The molecule has 0 atom stereocenters. The van der Waals surface area contributed by atoms with Gasteiger partial charge in [0.15, 0.2) is 0 Å². The van der Waals surface area contributed by atoms with Crippen LogP contribution >= 0.6 is 15.9 Å². The molecule has 0 aliphatic rings. The third kappa shape index (κ3) is 4.41. The van der Waals surface area contributed by atoms with E-state index in [9.17, 15) is 0 Å². The van der Waals surface area contributed by atoms with Crippen molar-refractivity contribution in [3.05, 3.63) is 17.4 Å². The summed E-state index contributed by atoms with van der Waals surface area (Å²) in [7, 11) is -1.93. The number of aryl methyl sites for hydroxylation is 2. The minimum absolute atomic E-state index is 0.564. The molecule has 0 aromatic carbocycles. The Bertz CT molecular complexity index is 430. The zero-order valence-corrected chi connectivity index (χ0v) is 17.9. The molecule has 1 aromatic heterocycles. The van der Waals surface area contributed by atoms with Gasteiger partial charge < -0.3 is 8.84 Å². The van der Waals surface area contributed by atoms with Crippen LogP contribution in [0.1, 0.15) is 65.7 Å². The summed E-state index contributed by atoms with van der Waals surface area (Å²) < 4.78 is 12.7. The van der Waals surface area contributed by atoms with Gasteiger partial charge in [0, 0.05) is 17.3 Å². The third-order valence-electron chi connectivity index (χ3n) is 4.71. The van der Waals surface area contributed by atoms with Gasteiger partial charge in [0.1, 0.15) is 5.76 Å². The fraction of sp³-hybridized carbons (Fsp3) is 0.778. The number of furan rings is 1. The molecule has 0 saturated carbocycles. The van der Waals surface area contributed by atoms with Crippen LogP contribution in [0.15, 0.2) is 10.5 Å². The molecule has 0 N–H and O–H groups in total. The molecule has 2 nitrogen and oxygen atoms in total. The highest BCUT2D eigenvalue weighted by Crippen LogP contribution is 2.43. The maximum atomic E-state index is 6.67. The van der Waals surface area contributed by atoms with Crippen LogP contribution in [0.4, 0.5) is 0 Å². The molecule has 128 valence electrons. The molecule has 0 saturated heterocycles. The first kappa shape index (κ1) is 19.8. The second-order valence-electron chi connectivity index (χ2n) is 7.25. The largest absolute Gasteiger partial charge is 0.518 e. The van der Waals surface area contributed by atoms with Crippen molar-refractivity contribution < 1.29 is 8.84 Å². The maximum absolute atomic E-state index is 6.67. The van der Waals surface area contributed by atoms with Crippen LogP contribution in [-0.2, 0) is 6.42 Å². The lowest BCUT2D eigenvalue weighted by atomic mass is 10.2. The summed E-state index contributed by atoms with van der Waals surface area (Å²) in [5, 5.41) is 1.06. The van der Waals surface area contributed by atoms with E-state index < -0.39 is 8.32 Å². The monoisotopic (exact) mass is 388 g/mol. The SMILES string of the molecule is Cc1cc(CCCCBr)oc1O[Si](C(C)C)(C(C)C)C(C)C. The predicted octanol–water partition coefficient (Wildman–Crippen LogP) is 6.86. The molecule has 0 aliphatic carbocycles. The average Bonchev–Trinajstić information content (AvgIpc) is 2.75. The Kier molecular flexibility index (Phi) is 7.73. The quantitative estimate of drug-likeness (QED) is 0.261. The molecule has 22 heavy (non-hydrogen) atoms. The van der Waals surface area contributed by atoms with Crippen molar-refractivity contribution in [1.29, 1.82) is 0 Å². The van der Waals surface area contributed by atoms with Crippen molar-refractivity contribution in [3.8, 4) is 5.95 Å². The molecule has 1 aromatic rings. The number of halogens is 1. The summed E-state index contributed by atoms with van der Waals surface area (Å²) in [5.74, 6) is 1.84. The number of alkyl halides is 1. The van der Waals surface area contributed by atoms with Crippen LogP contribution in [0.5, 0.6) is 5.95 Å². The lowest BCUT2D eigenvalue weighted by Gasteiger charge is -2.41. The number of hydrogen-bond acceptors (Lipinski definition) is 2. The summed E-state index contributed by atoms with van der Waals surface area (Å²) in [5.41, 5.74) is 2.84. The number of rotatable bonds is 9. The summed E-state index contributed by atoms with van der Waals surface area (Å²) in [6, 6.07) is 2.16. The minimum Gasteiger partial charge on any atom is -0.518 e. The third-order valence-corrected chi connectivity index (χ3v) is 11.2. The Hall–Kier alpha value is -0.223. The molecule has 0 fully saturated rings. The van der Waals surface area contributed by atoms with Crippen molar-refractivity contribution >= 4 is 24.2 Å². The van der Waals surface area contributed by atoms with Crippen molar-refractivity contribution in [2.45, 2.75) is 84.4 Å². The molecule has 1 heterocycles. The highest BCUT2D eigenvalue weighted by Gasteiger charge is 2.47. The Morgan fingerprint density at radius 3 is 2.05 bits per heavy atom. The minimum atomic E-state index is -1.93. The first-order chi connectivity index (χ1) is 10.3. The predicted molar refractivity (Wildman–Crippen MR) is 102 cm³/mol. The van der Waals surface area contributed by atoms with Gasteiger partial charge in [0.25, 0.3) is 14.3 Å². The first-order valence-electron chi connectivity index (χ1n) is 8.59. The van der Waals surface area contributed by atoms with E-state index in [-0.39, 0.29) is 0 Å². The van der Waals surface area contributed by atoms with E-state index in [1.54, 1.807) is 0 Å². The average molecular weight is 389 g/mol. The highest BCUT2D eigenvalue weighted by atomic mass is 79.9. The van der Waals surface area contributed by atoms with Crippen molar-refractivity contribution in [2.24, 2.45) is 0 Å². The van der Waals surface area contributed by atoms with Gasteiger partial charge in [0.2, 0.25) is 0 Å². The normalized spacial score (nSPS) is 12.7. The van der Waals surface area contributed by atoms with E-state index in [1.165, 1.54) is 6.42 Å². The van der Waals surface area contributed by atoms with E-state index in [4.69, 9.17) is 8.84 Å². The van der Waals surface area contributed by atoms with E-state index in [0.29, 0.717) is 16.6 Å². The summed E-state index contributed by atoms with van der Waals surface area (Å²) >= 11 is 3.48. The van der Waals surface area contributed by atoms with Gasteiger partial charge in [0.05, 0.1) is 0 Å². The second-order valence-corrected chi connectivity index (χ2v) is 13.4. The zero-order valence-electron chi connectivity index (χ0n) is 15.3. The molecule has 1 rings (SSSR count). The molecule has 0 radical (unpaired) electrons. The topological polar surface area (TPSA) is 22.4 Å². The molecule has 4 heteroatoms. The Morgan fingerprint density at radius 2 is 1.59 bits per heavy atom. The highest BCUT2D eigenvalue weighted by molar-refractivity contribution is 9.09. The van der Waals surface area contributed by atoms with Crippen molar-refractivity contribution in [1.82, 2.24) is 0 Å². The van der Waals surface area contributed by atoms with E-state index in [0.717, 1.165) is 35.4 Å². The van der Waals surface area contributed by atoms with Gasteiger partial charge in [-0.25, -0.2) is 0 Å². The Labute approximate surface area is 146 Å². The molecule has 0 spiro atoms. The van der Waals surface area contributed by atoms with Crippen LogP contribution < -0.4 is 4.43 Å². The first-order valence-corrected chi connectivity index (χ1v) is 11.9. The fourth-order valence-electron chi connectivity index (χ4n) is 3.66.